The molecule has 0 aliphatic carbocycles. The molecule has 2 aromatic rings. The van der Waals surface area contributed by atoms with E-state index in [4.69, 9.17) is 5.26 Å². The first-order valence-electron chi connectivity index (χ1n) is 6.85. The Morgan fingerprint density at radius 3 is 2.55 bits per heavy atom. The second kappa shape index (κ2) is 7.01. The van der Waals surface area contributed by atoms with Gasteiger partial charge < -0.3 is 10.2 Å². The Bertz CT molecular complexity index is 706. The molecule has 0 aliphatic rings. The minimum atomic E-state index is -0.569. The molecule has 0 aliphatic heterocycles. The van der Waals surface area contributed by atoms with E-state index in [1.165, 1.54) is 18.2 Å². The summed E-state index contributed by atoms with van der Waals surface area (Å²) in [6, 6.07) is 11.2. The van der Waals surface area contributed by atoms with Crippen molar-refractivity contribution < 1.29 is 8.78 Å². The van der Waals surface area contributed by atoms with Crippen molar-refractivity contribution in [2.75, 3.05) is 19.4 Å². The molecule has 114 valence electrons. The van der Waals surface area contributed by atoms with Crippen LogP contribution in [0.2, 0.25) is 0 Å². The van der Waals surface area contributed by atoms with Crippen LogP contribution in [0.5, 0.6) is 0 Å². The molecule has 0 bridgehead atoms. The van der Waals surface area contributed by atoms with Gasteiger partial charge in [0, 0.05) is 18.7 Å². The number of hydrogen-bond acceptors (Lipinski definition) is 3. The molecule has 0 atom stereocenters. The highest BCUT2D eigenvalue weighted by atomic mass is 19.1. The molecule has 0 saturated carbocycles. The Hall–Kier alpha value is -2.45. The fraction of sp³-hybridized carbons (Fsp3) is 0.235. The number of anilines is 1. The Kier molecular flexibility index (Phi) is 5.08. The summed E-state index contributed by atoms with van der Waals surface area (Å²) in [6.45, 7) is 0.847. The van der Waals surface area contributed by atoms with Crippen LogP contribution in [0.15, 0.2) is 36.4 Å². The monoisotopic (exact) mass is 301 g/mol. The first kappa shape index (κ1) is 15.9. The molecule has 0 unspecified atom stereocenters. The molecule has 0 radical (unpaired) electrons. The second-order valence-electron chi connectivity index (χ2n) is 5.29. The number of nitrogens with zero attached hydrogens (tertiary/aromatic N) is 2. The summed E-state index contributed by atoms with van der Waals surface area (Å²) in [4.78, 5) is 1.89. The standard InChI is InChI=1S/C17H17F2N3/c1-22(2)11-13-7-6-12(8-16(13)19)10-21-17-5-3-4-15(18)14(17)9-20/h3-8,21H,10-11H2,1-2H3. The van der Waals surface area contributed by atoms with Crippen LogP contribution < -0.4 is 5.32 Å². The zero-order valence-electron chi connectivity index (χ0n) is 12.5. The van der Waals surface area contributed by atoms with E-state index in [0.29, 0.717) is 24.3 Å². The Labute approximate surface area is 128 Å². The van der Waals surface area contributed by atoms with Crippen LogP contribution in [0.1, 0.15) is 16.7 Å². The Balaban J connectivity index is 2.11. The van der Waals surface area contributed by atoms with Crippen molar-refractivity contribution in [1.29, 1.82) is 5.26 Å². The number of hydrogen-bond donors (Lipinski definition) is 1. The third-order valence-electron chi connectivity index (χ3n) is 3.21. The summed E-state index contributed by atoms with van der Waals surface area (Å²) in [7, 11) is 3.75. The summed E-state index contributed by atoms with van der Waals surface area (Å²) < 4.78 is 27.5. The molecule has 5 heteroatoms. The second-order valence-corrected chi connectivity index (χ2v) is 5.29. The molecule has 22 heavy (non-hydrogen) atoms. The van der Waals surface area contributed by atoms with E-state index >= 15 is 0 Å². The molecule has 0 fully saturated rings. The normalized spacial score (nSPS) is 10.5. The van der Waals surface area contributed by atoms with Gasteiger partial charge in [-0.15, -0.1) is 0 Å². The van der Waals surface area contributed by atoms with Crippen LogP contribution >= 0.6 is 0 Å². The smallest absolute Gasteiger partial charge is 0.143 e. The van der Waals surface area contributed by atoms with Gasteiger partial charge in [-0.2, -0.15) is 5.26 Å². The van der Waals surface area contributed by atoms with Crippen molar-refractivity contribution in [2.45, 2.75) is 13.1 Å². The van der Waals surface area contributed by atoms with Crippen LogP contribution in [0.4, 0.5) is 14.5 Å². The zero-order valence-corrected chi connectivity index (χ0v) is 12.5. The third-order valence-corrected chi connectivity index (χ3v) is 3.21. The average molecular weight is 301 g/mol. The fourth-order valence-corrected chi connectivity index (χ4v) is 2.15. The van der Waals surface area contributed by atoms with E-state index in [9.17, 15) is 8.78 Å². The first-order valence-corrected chi connectivity index (χ1v) is 6.85. The van der Waals surface area contributed by atoms with Gasteiger partial charge in [-0.25, -0.2) is 8.78 Å². The van der Waals surface area contributed by atoms with Crippen LogP contribution in [-0.4, -0.2) is 19.0 Å². The van der Waals surface area contributed by atoms with Gasteiger partial charge in [0.1, 0.15) is 23.3 Å². The summed E-state index contributed by atoms with van der Waals surface area (Å²) >= 11 is 0. The largest absolute Gasteiger partial charge is 0.380 e. The molecular weight excluding hydrogens is 284 g/mol. The number of nitrogens with one attached hydrogen (secondary N) is 1. The van der Waals surface area contributed by atoms with Crippen LogP contribution in [-0.2, 0) is 13.1 Å². The predicted octanol–water partition coefficient (Wildman–Crippen LogP) is 3.51. The maximum atomic E-state index is 14.0. The highest BCUT2D eigenvalue weighted by Gasteiger charge is 2.08. The van der Waals surface area contributed by atoms with Crippen LogP contribution in [0.25, 0.3) is 0 Å². The molecule has 0 saturated heterocycles. The van der Waals surface area contributed by atoms with Crippen molar-refractivity contribution >= 4 is 5.69 Å². The molecular formula is C17H17F2N3. The van der Waals surface area contributed by atoms with Gasteiger partial charge in [0.15, 0.2) is 0 Å². The van der Waals surface area contributed by atoms with E-state index in [2.05, 4.69) is 5.32 Å². The van der Waals surface area contributed by atoms with Gasteiger partial charge in [0.05, 0.1) is 5.69 Å². The van der Waals surface area contributed by atoms with Crippen molar-refractivity contribution in [2.24, 2.45) is 0 Å². The highest BCUT2D eigenvalue weighted by Crippen LogP contribution is 2.19. The lowest BCUT2D eigenvalue weighted by Crippen LogP contribution is -2.12. The third kappa shape index (κ3) is 3.80. The van der Waals surface area contributed by atoms with Gasteiger partial charge in [0.25, 0.3) is 0 Å². The quantitative estimate of drug-likeness (QED) is 0.918. The van der Waals surface area contributed by atoms with E-state index in [-0.39, 0.29) is 11.4 Å². The van der Waals surface area contributed by atoms with E-state index in [1.54, 1.807) is 12.1 Å². The lowest BCUT2D eigenvalue weighted by atomic mass is 10.1. The van der Waals surface area contributed by atoms with Gasteiger partial charge in [-0.3, -0.25) is 0 Å². The van der Waals surface area contributed by atoms with E-state index in [0.717, 1.165) is 5.56 Å². The van der Waals surface area contributed by atoms with Gasteiger partial charge in [-0.1, -0.05) is 18.2 Å². The molecule has 0 spiro atoms. The van der Waals surface area contributed by atoms with Crippen molar-refractivity contribution in [1.82, 2.24) is 4.90 Å². The number of nitriles is 1. The summed E-state index contributed by atoms with van der Waals surface area (Å²) in [6.07, 6.45) is 0. The maximum Gasteiger partial charge on any atom is 0.143 e. The van der Waals surface area contributed by atoms with Gasteiger partial charge in [0.2, 0.25) is 0 Å². The molecule has 1 N–H and O–H groups in total. The van der Waals surface area contributed by atoms with Crippen LogP contribution in [0, 0.1) is 23.0 Å². The van der Waals surface area contributed by atoms with Crippen molar-refractivity contribution in [3.05, 3.63) is 64.7 Å². The molecule has 2 aromatic carbocycles. The lowest BCUT2D eigenvalue weighted by Gasteiger charge is -2.12. The molecule has 0 heterocycles. The average Bonchev–Trinajstić information content (AvgIpc) is 2.47. The van der Waals surface area contributed by atoms with E-state index < -0.39 is 5.82 Å². The highest BCUT2D eigenvalue weighted by molar-refractivity contribution is 5.58. The Morgan fingerprint density at radius 2 is 1.91 bits per heavy atom. The van der Waals surface area contributed by atoms with Crippen molar-refractivity contribution in [3.8, 4) is 6.07 Å². The van der Waals surface area contributed by atoms with Gasteiger partial charge in [-0.05, 0) is 37.9 Å². The summed E-state index contributed by atoms with van der Waals surface area (Å²) in [5.74, 6) is -0.840. The molecule has 3 nitrogen and oxygen atoms in total. The Morgan fingerprint density at radius 1 is 1.14 bits per heavy atom. The minimum absolute atomic E-state index is 0.0350. The summed E-state index contributed by atoms with van der Waals surface area (Å²) in [5, 5.41) is 11.9. The van der Waals surface area contributed by atoms with E-state index in [1.807, 2.05) is 31.1 Å². The number of halogens is 2. The number of benzene rings is 2. The molecule has 0 aromatic heterocycles. The topological polar surface area (TPSA) is 39.1 Å². The SMILES string of the molecule is CN(C)Cc1ccc(CNc2cccc(F)c2C#N)cc1F. The van der Waals surface area contributed by atoms with Crippen LogP contribution in [0.3, 0.4) is 0 Å². The molecule has 0 amide bonds. The molecule has 2 rings (SSSR count). The summed E-state index contributed by atoms with van der Waals surface area (Å²) in [5.41, 5.74) is 1.72. The van der Waals surface area contributed by atoms with Gasteiger partial charge >= 0.3 is 0 Å². The fourth-order valence-electron chi connectivity index (χ4n) is 2.15. The first-order chi connectivity index (χ1) is 10.5. The maximum absolute atomic E-state index is 14.0. The van der Waals surface area contributed by atoms with Crippen molar-refractivity contribution in [3.63, 3.8) is 0 Å². The lowest BCUT2D eigenvalue weighted by molar-refractivity contribution is 0.392. The minimum Gasteiger partial charge on any atom is -0.380 e. The zero-order chi connectivity index (χ0) is 16.1. The number of rotatable bonds is 5. The predicted molar refractivity (Wildman–Crippen MR) is 82.2 cm³/mol.